The van der Waals surface area contributed by atoms with Crippen LogP contribution in [0.2, 0.25) is 0 Å². The van der Waals surface area contributed by atoms with Gasteiger partial charge in [-0.25, -0.2) is 4.79 Å². The monoisotopic (exact) mass is 409 g/mol. The number of hydrogen-bond donors (Lipinski definition) is 1. The van der Waals surface area contributed by atoms with Gasteiger partial charge in [-0.3, -0.25) is 14.4 Å². The van der Waals surface area contributed by atoms with Gasteiger partial charge in [-0.05, 0) is 38.5 Å². The Labute approximate surface area is 173 Å². The van der Waals surface area contributed by atoms with Crippen molar-refractivity contribution in [3.05, 3.63) is 47.6 Å². The summed E-state index contributed by atoms with van der Waals surface area (Å²) in [6.45, 7) is 7.84. The van der Waals surface area contributed by atoms with Crippen LogP contribution in [0, 0.1) is 13.8 Å². The fourth-order valence-electron chi connectivity index (χ4n) is 3.95. The van der Waals surface area contributed by atoms with Crippen LogP contribution >= 0.6 is 0 Å². The van der Waals surface area contributed by atoms with Gasteiger partial charge >= 0.3 is 6.09 Å². The molecule has 0 bridgehead atoms. The van der Waals surface area contributed by atoms with E-state index in [9.17, 15) is 14.7 Å². The average molecular weight is 409 g/mol. The van der Waals surface area contributed by atoms with Crippen molar-refractivity contribution in [3.8, 4) is 11.1 Å². The smallest absolute Gasteiger partial charge is 0.411 e. The van der Waals surface area contributed by atoms with E-state index in [0.29, 0.717) is 17.9 Å². The Morgan fingerprint density at radius 2 is 2.00 bits per heavy atom. The zero-order valence-electron chi connectivity index (χ0n) is 17.3. The third kappa shape index (κ3) is 3.32. The Morgan fingerprint density at radius 1 is 1.23 bits per heavy atom. The first kappa shape index (κ1) is 19.7. The molecule has 2 aromatic heterocycles. The number of nitrogens with zero attached hydrogens (tertiary/aromatic N) is 5. The lowest BCUT2D eigenvalue weighted by molar-refractivity contribution is -0.117. The molecular formula is C21H23N5O4. The summed E-state index contributed by atoms with van der Waals surface area (Å²) in [6, 6.07) is 5.23. The molecule has 0 aliphatic carbocycles. The molecule has 9 nitrogen and oxygen atoms in total. The molecule has 0 saturated carbocycles. The van der Waals surface area contributed by atoms with Gasteiger partial charge in [-0.2, -0.15) is 5.10 Å². The molecule has 4 rings (SSSR count). The third-order valence-corrected chi connectivity index (χ3v) is 5.45. The van der Waals surface area contributed by atoms with E-state index < -0.39 is 6.09 Å². The van der Waals surface area contributed by atoms with E-state index in [1.165, 1.54) is 11.8 Å². The second-order valence-corrected chi connectivity index (χ2v) is 7.56. The van der Waals surface area contributed by atoms with Gasteiger partial charge in [-0.15, -0.1) is 0 Å². The summed E-state index contributed by atoms with van der Waals surface area (Å²) < 4.78 is 7.00. The van der Waals surface area contributed by atoms with E-state index in [1.807, 2.05) is 33.0 Å². The molecule has 0 fully saturated rings. The van der Waals surface area contributed by atoms with Crippen molar-refractivity contribution in [2.45, 2.75) is 40.3 Å². The molecule has 1 aliphatic rings. The maximum Gasteiger partial charge on any atom is 0.411 e. The lowest BCUT2D eigenvalue weighted by Crippen LogP contribution is -2.51. The second kappa shape index (κ2) is 7.33. The van der Waals surface area contributed by atoms with Gasteiger partial charge in [-0.1, -0.05) is 11.2 Å². The second-order valence-electron chi connectivity index (χ2n) is 7.56. The molecule has 1 N–H and O–H groups in total. The van der Waals surface area contributed by atoms with Crippen LogP contribution in [0.3, 0.4) is 0 Å². The molecule has 9 heteroatoms. The van der Waals surface area contributed by atoms with Crippen LogP contribution in [-0.4, -0.2) is 44.6 Å². The Kier molecular flexibility index (Phi) is 4.81. The van der Waals surface area contributed by atoms with Crippen molar-refractivity contribution in [1.29, 1.82) is 0 Å². The zero-order valence-corrected chi connectivity index (χ0v) is 17.3. The Hall–Kier alpha value is -3.62. The minimum absolute atomic E-state index is 0.117. The standard InChI is InChI=1S/C21H23N5O4/c1-12-9-25(21(28)29)20-7-16(5-6-19(20)26(12)15(4)27)17-8-22-24(10-17)11-18-13(2)23-30-14(18)3/h5-8,10,12H,9,11H2,1-4H3,(H,28,29)/t12-/m0/s1. The molecule has 156 valence electrons. The van der Waals surface area contributed by atoms with E-state index in [0.717, 1.165) is 28.1 Å². The number of rotatable bonds is 3. The molecule has 30 heavy (non-hydrogen) atoms. The number of carboxylic acid groups (broad SMARTS) is 1. The van der Waals surface area contributed by atoms with Crippen LogP contribution in [0.25, 0.3) is 11.1 Å². The maximum absolute atomic E-state index is 12.1. The van der Waals surface area contributed by atoms with E-state index >= 15 is 0 Å². The van der Waals surface area contributed by atoms with Crippen molar-refractivity contribution in [2.24, 2.45) is 0 Å². The zero-order chi connectivity index (χ0) is 21.6. The first-order valence-corrected chi connectivity index (χ1v) is 9.65. The van der Waals surface area contributed by atoms with Crippen LogP contribution in [0.4, 0.5) is 16.2 Å². The fraction of sp³-hybridized carbons (Fsp3) is 0.333. The summed E-state index contributed by atoms with van der Waals surface area (Å²) in [5, 5.41) is 18.1. The Bertz CT molecular complexity index is 1110. The Morgan fingerprint density at radius 3 is 2.63 bits per heavy atom. The van der Waals surface area contributed by atoms with E-state index in [-0.39, 0.29) is 18.5 Å². The highest BCUT2D eigenvalue weighted by molar-refractivity contribution is 6.02. The SMILES string of the molecule is CC(=O)N1c2ccc(-c3cnn(Cc4c(C)noc4C)c3)cc2N(C(=O)O)C[C@@H]1C. The highest BCUT2D eigenvalue weighted by Crippen LogP contribution is 2.38. The van der Waals surface area contributed by atoms with Gasteiger partial charge < -0.3 is 14.5 Å². The van der Waals surface area contributed by atoms with Crippen LogP contribution in [-0.2, 0) is 11.3 Å². The number of carbonyl (C=O) groups excluding carboxylic acids is 1. The summed E-state index contributed by atoms with van der Waals surface area (Å²) >= 11 is 0. The molecule has 2 amide bonds. The molecule has 3 heterocycles. The summed E-state index contributed by atoms with van der Waals surface area (Å²) in [5.41, 5.74) is 4.57. The van der Waals surface area contributed by atoms with Crippen molar-refractivity contribution in [3.63, 3.8) is 0 Å². The highest BCUT2D eigenvalue weighted by Gasteiger charge is 2.33. The number of amides is 2. The van der Waals surface area contributed by atoms with Crippen molar-refractivity contribution >= 4 is 23.4 Å². The molecule has 0 radical (unpaired) electrons. The summed E-state index contributed by atoms with van der Waals surface area (Å²) in [7, 11) is 0. The van der Waals surface area contributed by atoms with Crippen molar-refractivity contribution < 1.29 is 19.2 Å². The van der Waals surface area contributed by atoms with Gasteiger partial charge in [0.2, 0.25) is 5.91 Å². The molecule has 0 spiro atoms. The van der Waals surface area contributed by atoms with Crippen molar-refractivity contribution in [2.75, 3.05) is 16.3 Å². The minimum Gasteiger partial charge on any atom is -0.465 e. The number of aromatic nitrogens is 3. The first-order chi connectivity index (χ1) is 14.3. The quantitative estimate of drug-likeness (QED) is 0.710. The van der Waals surface area contributed by atoms with Crippen LogP contribution in [0.1, 0.15) is 30.9 Å². The maximum atomic E-state index is 12.1. The van der Waals surface area contributed by atoms with Crippen LogP contribution < -0.4 is 9.80 Å². The summed E-state index contributed by atoms with van der Waals surface area (Å²) in [5.74, 6) is 0.641. The minimum atomic E-state index is -1.04. The number of hydrogen-bond acceptors (Lipinski definition) is 5. The lowest BCUT2D eigenvalue weighted by atomic mass is 10.0. The van der Waals surface area contributed by atoms with Gasteiger partial charge in [0.1, 0.15) is 5.76 Å². The molecule has 1 aliphatic heterocycles. The molecular weight excluding hydrogens is 386 g/mol. The molecule has 1 aromatic carbocycles. The van der Waals surface area contributed by atoms with Gasteiger partial charge in [0.05, 0.1) is 35.9 Å². The predicted molar refractivity (Wildman–Crippen MR) is 111 cm³/mol. The Balaban J connectivity index is 1.70. The lowest BCUT2D eigenvalue weighted by Gasteiger charge is -2.39. The van der Waals surface area contributed by atoms with Gasteiger partial charge in [0.15, 0.2) is 0 Å². The molecule has 0 unspecified atom stereocenters. The largest absolute Gasteiger partial charge is 0.465 e. The third-order valence-electron chi connectivity index (χ3n) is 5.45. The normalized spacial score (nSPS) is 15.9. The number of carbonyl (C=O) groups is 2. The fourth-order valence-corrected chi connectivity index (χ4v) is 3.95. The topological polar surface area (TPSA) is 105 Å². The number of aryl methyl sites for hydroxylation is 2. The van der Waals surface area contributed by atoms with Crippen LogP contribution in [0.15, 0.2) is 35.1 Å². The van der Waals surface area contributed by atoms with Crippen molar-refractivity contribution in [1.82, 2.24) is 14.9 Å². The van der Waals surface area contributed by atoms with E-state index in [2.05, 4.69) is 10.3 Å². The highest BCUT2D eigenvalue weighted by atomic mass is 16.5. The summed E-state index contributed by atoms with van der Waals surface area (Å²) in [6.07, 6.45) is 2.59. The molecule has 1 atom stereocenters. The van der Waals surface area contributed by atoms with Gasteiger partial charge in [0.25, 0.3) is 0 Å². The molecule has 3 aromatic rings. The predicted octanol–water partition coefficient (Wildman–Crippen LogP) is 3.44. The summed E-state index contributed by atoms with van der Waals surface area (Å²) in [4.78, 5) is 26.9. The molecule has 0 saturated heterocycles. The van der Waals surface area contributed by atoms with E-state index in [4.69, 9.17) is 4.52 Å². The van der Waals surface area contributed by atoms with Crippen LogP contribution in [0.5, 0.6) is 0 Å². The first-order valence-electron chi connectivity index (χ1n) is 9.65. The van der Waals surface area contributed by atoms with Gasteiger partial charge in [0, 0.05) is 30.8 Å². The van der Waals surface area contributed by atoms with E-state index in [1.54, 1.807) is 27.9 Å². The number of anilines is 2. The number of benzene rings is 1. The number of fused-ring (bicyclic) bond motifs is 1. The average Bonchev–Trinajstić information content (AvgIpc) is 3.28.